The SMILES string of the molecule is CC(C)c1ccc(/C(O)=C2/C(=O)C(=O)N(c3ccc(Sc4ccc([N+](=O)[O-])cc4)nn3)C2c2ccc(OC(F)(F)F)cc2)cc1. The van der Waals surface area contributed by atoms with Gasteiger partial charge >= 0.3 is 12.3 Å². The first-order valence-corrected chi connectivity index (χ1v) is 14.2. The van der Waals surface area contributed by atoms with Gasteiger partial charge in [0.05, 0.1) is 16.5 Å². The van der Waals surface area contributed by atoms with E-state index in [1.807, 2.05) is 13.8 Å². The molecule has 0 saturated carbocycles. The summed E-state index contributed by atoms with van der Waals surface area (Å²) in [5, 5.41) is 30.9. The van der Waals surface area contributed by atoms with E-state index in [1.165, 1.54) is 48.5 Å². The number of halogens is 3. The summed E-state index contributed by atoms with van der Waals surface area (Å²) >= 11 is 1.15. The van der Waals surface area contributed by atoms with Crippen molar-refractivity contribution in [3.8, 4) is 5.75 Å². The summed E-state index contributed by atoms with van der Waals surface area (Å²) in [6.07, 6.45) is -4.93. The second-order valence-corrected chi connectivity index (χ2v) is 11.2. The van der Waals surface area contributed by atoms with Crippen LogP contribution in [0, 0.1) is 10.1 Å². The summed E-state index contributed by atoms with van der Waals surface area (Å²) in [4.78, 5) is 38.9. The van der Waals surface area contributed by atoms with Gasteiger partial charge in [0.15, 0.2) is 5.82 Å². The maximum Gasteiger partial charge on any atom is 0.573 e. The lowest BCUT2D eigenvalue weighted by molar-refractivity contribution is -0.384. The number of carbonyl (C=O) groups excluding carboxylic acids is 2. The predicted octanol–water partition coefficient (Wildman–Crippen LogP) is 7.18. The number of hydrogen-bond donors (Lipinski definition) is 1. The highest BCUT2D eigenvalue weighted by Gasteiger charge is 2.47. The number of benzene rings is 3. The molecule has 1 fully saturated rings. The van der Waals surface area contributed by atoms with Crippen molar-refractivity contribution in [3.63, 3.8) is 0 Å². The van der Waals surface area contributed by atoms with Gasteiger partial charge in [-0.1, -0.05) is 62.0 Å². The van der Waals surface area contributed by atoms with E-state index in [2.05, 4.69) is 14.9 Å². The van der Waals surface area contributed by atoms with Crippen molar-refractivity contribution < 1.29 is 37.5 Å². The minimum absolute atomic E-state index is 0.0556. The van der Waals surface area contributed by atoms with Crippen LogP contribution in [-0.2, 0) is 9.59 Å². The van der Waals surface area contributed by atoms with Gasteiger partial charge in [-0.25, -0.2) is 0 Å². The van der Waals surface area contributed by atoms with Crippen LogP contribution in [0.1, 0.15) is 42.5 Å². The van der Waals surface area contributed by atoms with E-state index in [-0.39, 0.29) is 34.1 Å². The normalized spacial score (nSPS) is 16.3. The average Bonchev–Trinajstić information content (AvgIpc) is 3.27. The molecule has 2 heterocycles. The van der Waals surface area contributed by atoms with Crippen LogP contribution in [0.4, 0.5) is 24.7 Å². The molecule has 10 nitrogen and oxygen atoms in total. The number of aromatic nitrogens is 2. The van der Waals surface area contributed by atoms with E-state index < -0.39 is 40.5 Å². The van der Waals surface area contributed by atoms with Crippen LogP contribution < -0.4 is 9.64 Å². The molecule has 45 heavy (non-hydrogen) atoms. The summed E-state index contributed by atoms with van der Waals surface area (Å²) < 4.78 is 42.3. The molecule has 1 aliphatic heterocycles. The Hall–Kier alpha value is -5.24. The number of Topliss-reactive ketones (excluding diaryl/α,β-unsaturated/α-hetero) is 1. The number of rotatable bonds is 8. The molecule has 1 amide bonds. The topological polar surface area (TPSA) is 136 Å². The Morgan fingerprint density at radius 1 is 0.956 bits per heavy atom. The van der Waals surface area contributed by atoms with E-state index >= 15 is 0 Å². The average molecular weight is 637 g/mol. The molecule has 0 bridgehead atoms. The van der Waals surface area contributed by atoms with Crippen LogP contribution in [-0.4, -0.2) is 38.3 Å². The number of alkyl halides is 3. The number of aliphatic hydroxyl groups excluding tert-OH is 1. The molecule has 1 saturated heterocycles. The Morgan fingerprint density at radius 2 is 1.60 bits per heavy atom. The van der Waals surface area contributed by atoms with E-state index in [9.17, 15) is 38.0 Å². The molecule has 3 aromatic carbocycles. The van der Waals surface area contributed by atoms with Gasteiger partial charge in [0.1, 0.15) is 16.5 Å². The molecule has 230 valence electrons. The summed E-state index contributed by atoms with van der Waals surface area (Å²) in [7, 11) is 0. The molecule has 1 N–H and O–H groups in total. The van der Waals surface area contributed by atoms with Gasteiger partial charge in [-0.3, -0.25) is 24.6 Å². The lowest BCUT2D eigenvalue weighted by Crippen LogP contribution is -2.30. The second kappa shape index (κ2) is 12.4. The van der Waals surface area contributed by atoms with Gasteiger partial charge in [-0.15, -0.1) is 23.4 Å². The lowest BCUT2D eigenvalue weighted by Gasteiger charge is -2.24. The quantitative estimate of drug-likeness (QED) is 0.0701. The molecule has 0 radical (unpaired) electrons. The second-order valence-electron chi connectivity index (χ2n) is 10.1. The molecule has 0 spiro atoms. The summed E-state index contributed by atoms with van der Waals surface area (Å²) in [5.41, 5.74) is 1.08. The van der Waals surface area contributed by atoms with Gasteiger partial charge < -0.3 is 9.84 Å². The highest BCUT2D eigenvalue weighted by atomic mass is 32.2. The maximum atomic E-state index is 13.4. The number of ketones is 1. The fourth-order valence-corrected chi connectivity index (χ4v) is 5.40. The van der Waals surface area contributed by atoms with Crippen molar-refractivity contribution >= 4 is 40.7 Å². The number of ether oxygens (including phenoxy) is 1. The Balaban J connectivity index is 1.53. The molecular formula is C31H23F3N4O6S. The zero-order valence-electron chi connectivity index (χ0n) is 23.6. The molecular weight excluding hydrogens is 613 g/mol. The van der Waals surface area contributed by atoms with Gasteiger partial charge in [-0.05, 0) is 53.4 Å². The summed E-state index contributed by atoms with van der Waals surface area (Å²) in [5.74, 6) is -2.89. The number of non-ortho nitro benzene ring substituents is 1. The number of hydrogen-bond acceptors (Lipinski definition) is 9. The van der Waals surface area contributed by atoms with Crippen LogP contribution in [0.2, 0.25) is 0 Å². The van der Waals surface area contributed by atoms with Crippen molar-refractivity contribution in [1.82, 2.24) is 10.2 Å². The van der Waals surface area contributed by atoms with Gasteiger partial charge in [-0.2, -0.15) is 0 Å². The first-order valence-electron chi connectivity index (χ1n) is 13.4. The third-order valence-corrected chi connectivity index (χ3v) is 7.80. The number of carbonyl (C=O) groups is 2. The van der Waals surface area contributed by atoms with Crippen LogP contribution in [0.5, 0.6) is 5.75 Å². The monoisotopic (exact) mass is 636 g/mol. The van der Waals surface area contributed by atoms with Crippen molar-refractivity contribution in [3.05, 3.63) is 117 Å². The maximum absolute atomic E-state index is 13.4. The fourth-order valence-electron chi connectivity index (χ4n) is 4.67. The standard InChI is InChI=1S/C31H23F3N4O6S/c1-17(2)18-3-5-20(6-4-18)28(39)26-27(19-7-11-22(12-8-19)44-31(32,33)34)37(30(41)29(26)40)24-15-16-25(36-35-24)45-23-13-9-21(10-14-23)38(42)43/h3-17,27,39H,1-2H3/b28-26-. The van der Waals surface area contributed by atoms with Gasteiger partial charge in [0, 0.05) is 22.6 Å². The van der Waals surface area contributed by atoms with Crippen LogP contribution in [0.15, 0.2) is 100 Å². The number of nitro benzene ring substituents is 1. The van der Waals surface area contributed by atoms with E-state index in [0.29, 0.717) is 9.92 Å². The largest absolute Gasteiger partial charge is 0.573 e. The number of anilines is 1. The molecule has 1 unspecified atom stereocenters. The van der Waals surface area contributed by atoms with Crippen molar-refractivity contribution in [1.29, 1.82) is 0 Å². The molecule has 1 aliphatic rings. The van der Waals surface area contributed by atoms with Crippen molar-refractivity contribution in [2.75, 3.05) is 4.90 Å². The first-order chi connectivity index (χ1) is 21.3. The zero-order valence-corrected chi connectivity index (χ0v) is 24.4. The Labute approximate surface area is 258 Å². The number of nitro groups is 1. The Morgan fingerprint density at radius 3 is 2.13 bits per heavy atom. The minimum Gasteiger partial charge on any atom is -0.507 e. The van der Waals surface area contributed by atoms with Gasteiger partial charge in [0.25, 0.3) is 11.5 Å². The zero-order chi connectivity index (χ0) is 32.5. The molecule has 5 rings (SSSR count). The fraction of sp³-hybridized carbons (Fsp3) is 0.161. The predicted molar refractivity (Wildman–Crippen MR) is 158 cm³/mol. The summed E-state index contributed by atoms with van der Waals surface area (Å²) in [6.45, 7) is 3.98. The summed E-state index contributed by atoms with van der Waals surface area (Å²) in [6, 6.07) is 18.8. The third-order valence-electron chi connectivity index (χ3n) is 6.87. The number of aliphatic hydroxyl groups is 1. The molecule has 0 aliphatic carbocycles. The van der Waals surface area contributed by atoms with Crippen molar-refractivity contribution in [2.24, 2.45) is 0 Å². The smallest absolute Gasteiger partial charge is 0.507 e. The van der Waals surface area contributed by atoms with E-state index in [1.54, 1.807) is 24.3 Å². The van der Waals surface area contributed by atoms with E-state index in [4.69, 9.17) is 0 Å². The van der Waals surface area contributed by atoms with E-state index in [0.717, 1.165) is 34.4 Å². The molecule has 1 atom stereocenters. The molecule has 1 aromatic heterocycles. The van der Waals surface area contributed by atoms with Gasteiger partial charge in [0.2, 0.25) is 0 Å². The molecule has 4 aromatic rings. The molecule has 14 heteroatoms. The highest BCUT2D eigenvalue weighted by molar-refractivity contribution is 7.99. The number of nitrogens with zero attached hydrogens (tertiary/aromatic N) is 4. The minimum atomic E-state index is -4.93. The number of amides is 1. The van der Waals surface area contributed by atoms with Crippen molar-refractivity contribution in [2.45, 2.75) is 42.1 Å². The van der Waals surface area contributed by atoms with Crippen LogP contribution >= 0.6 is 11.8 Å². The third kappa shape index (κ3) is 6.80. The Kier molecular flexibility index (Phi) is 8.60. The first kappa shape index (κ1) is 31.2. The van der Waals surface area contributed by atoms with Crippen LogP contribution in [0.25, 0.3) is 5.76 Å². The Bertz CT molecular complexity index is 1780. The highest BCUT2D eigenvalue weighted by Crippen LogP contribution is 2.42. The lowest BCUT2D eigenvalue weighted by atomic mass is 9.94. The van der Waals surface area contributed by atoms with Crippen LogP contribution in [0.3, 0.4) is 0 Å².